The maximum atomic E-state index is 14.0. The quantitative estimate of drug-likeness (QED) is 0.368. The molecule has 3 amide bonds. The van der Waals surface area contributed by atoms with Gasteiger partial charge in [0.15, 0.2) is 0 Å². The summed E-state index contributed by atoms with van der Waals surface area (Å²) in [5.74, 6) is -1.21. The molecular formula is C29H41N5O7S3. The van der Waals surface area contributed by atoms with Gasteiger partial charge in [-0.15, -0.1) is 3.71 Å². The van der Waals surface area contributed by atoms with Gasteiger partial charge in [0.1, 0.15) is 22.8 Å². The average Bonchev–Trinajstić information content (AvgIpc) is 3.62. The number of nitrogens with zero attached hydrogens (tertiary/aromatic N) is 3. The fourth-order valence-electron chi connectivity index (χ4n) is 5.80. The molecule has 0 bridgehead atoms. The Morgan fingerprint density at radius 3 is 2.23 bits per heavy atom. The summed E-state index contributed by atoms with van der Waals surface area (Å²) >= 11 is 0.720. The molecule has 15 heteroatoms. The first kappa shape index (κ1) is 33.8. The summed E-state index contributed by atoms with van der Waals surface area (Å²) in [4.78, 5) is 46.6. The summed E-state index contributed by atoms with van der Waals surface area (Å²) in [7, 11) is -8.54. The second-order valence-corrected chi connectivity index (χ2v) is 16.5. The molecule has 3 atom stereocenters. The van der Waals surface area contributed by atoms with Gasteiger partial charge in [0.25, 0.3) is 0 Å². The number of nitrogens with one attached hydrogen (secondary N) is 2. The summed E-state index contributed by atoms with van der Waals surface area (Å²) in [6.45, 7) is 4.10. The zero-order chi connectivity index (χ0) is 32.2. The molecule has 2 aromatic rings. The van der Waals surface area contributed by atoms with E-state index in [-0.39, 0.29) is 43.2 Å². The van der Waals surface area contributed by atoms with E-state index < -0.39 is 38.0 Å². The Labute approximate surface area is 263 Å². The molecule has 0 unspecified atom stereocenters. The third kappa shape index (κ3) is 7.78. The van der Waals surface area contributed by atoms with Crippen molar-refractivity contribution < 1.29 is 31.2 Å². The van der Waals surface area contributed by atoms with Gasteiger partial charge in [-0.25, -0.2) is 21.8 Å². The molecule has 2 N–H and O–H groups in total. The predicted octanol–water partition coefficient (Wildman–Crippen LogP) is 3.58. The van der Waals surface area contributed by atoms with Crippen molar-refractivity contribution in [3.05, 3.63) is 30.3 Å². The van der Waals surface area contributed by atoms with Gasteiger partial charge in [0.2, 0.25) is 42.9 Å². The summed E-state index contributed by atoms with van der Waals surface area (Å²) in [6.07, 6.45) is 7.85. The van der Waals surface area contributed by atoms with Crippen molar-refractivity contribution in [2.75, 3.05) is 28.1 Å². The third-order valence-electron chi connectivity index (χ3n) is 8.24. The Balaban J connectivity index is 1.65. The molecule has 1 aliphatic carbocycles. The minimum atomic E-state index is -4.27. The van der Waals surface area contributed by atoms with Gasteiger partial charge in [-0.3, -0.25) is 14.4 Å². The second-order valence-electron chi connectivity index (χ2n) is 11.6. The summed E-state index contributed by atoms with van der Waals surface area (Å²) in [5.41, 5.74) is 0.741. The van der Waals surface area contributed by atoms with E-state index in [1.165, 1.54) is 4.90 Å². The van der Waals surface area contributed by atoms with Crippen LogP contribution in [0.1, 0.15) is 65.2 Å². The smallest absolute Gasteiger partial charge is 0.247 e. The van der Waals surface area contributed by atoms with Crippen molar-refractivity contribution in [2.24, 2.45) is 11.8 Å². The first-order valence-electron chi connectivity index (χ1n) is 14.9. The van der Waals surface area contributed by atoms with Gasteiger partial charge in [0.05, 0.1) is 12.5 Å². The normalized spacial score (nSPS) is 19.3. The van der Waals surface area contributed by atoms with Crippen molar-refractivity contribution in [1.82, 2.24) is 15.2 Å². The van der Waals surface area contributed by atoms with Crippen LogP contribution >= 0.6 is 11.3 Å². The highest BCUT2D eigenvalue weighted by molar-refractivity contribution is 8.09. The van der Waals surface area contributed by atoms with Gasteiger partial charge >= 0.3 is 0 Å². The standard InChI is InChI=1S/C29H41N5O7S3/c1-5-19(2)25(35)30-24(21-15-10-7-11-16-21)28(37)33-18-12-17-22(33)26(36)32-27-23(20-13-8-6-9-14-20)31-29(42-27)34(43(3,38)39)44(4,40)41/h6,8-9,13-14,19,21-22,24H,5,7,10-12,15-18H2,1-4H3,(H,30,35)(H,32,36)/t19-,22+,24+/m1/s1. The lowest BCUT2D eigenvalue weighted by Crippen LogP contribution is -2.56. The third-order valence-corrected chi connectivity index (χ3v) is 12.6. The number of thiazole rings is 1. The van der Waals surface area contributed by atoms with E-state index >= 15 is 0 Å². The molecule has 242 valence electrons. The topological polar surface area (TPSA) is 163 Å². The van der Waals surface area contributed by atoms with E-state index in [0.29, 0.717) is 31.4 Å². The van der Waals surface area contributed by atoms with Crippen molar-refractivity contribution in [2.45, 2.75) is 77.3 Å². The lowest BCUT2D eigenvalue weighted by molar-refractivity contribution is -0.142. The molecule has 1 aromatic carbocycles. The highest BCUT2D eigenvalue weighted by atomic mass is 32.3. The molecule has 1 aliphatic heterocycles. The molecule has 2 aliphatic rings. The van der Waals surface area contributed by atoms with E-state index in [4.69, 9.17) is 0 Å². The molecule has 4 rings (SSSR count). The predicted molar refractivity (Wildman–Crippen MR) is 171 cm³/mol. The number of carbonyl (C=O) groups is 3. The highest BCUT2D eigenvalue weighted by Crippen LogP contribution is 2.40. The van der Waals surface area contributed by atoms with E-state index in [1.807, 2.05) is 13.8 Å². The molecule has 1 saturated heterocycles. The zero-order valence-corrected chi connectivity index (χ0v) is 27.9. The summed E-state index contributed by atoms with van der Waals surface area (Å²) < 4.78 is 50.1. The number of aromatic nitrogens is 1. The van der Waals surface area contributed by atoms with Gasteiger partial charge in [0, 0.05) is 18.0 Å². The van der Waals surface area contributed by atoms with Crippen LogP contribution in [0.4, 0.5) is 10.1 Å². The SMILES string of the molecule is CC[C@@H](C)C(=O)N[C@H](C(=O)N1CCC[C@H]1C(=O)Nc1sc(N(S(C)(=O)=O)S(C)(=O)=O)nc1-c1ccccc1)C1CCCCC1. The average molecular weight is 668 g/mol. The van der Waals surface area contributed by atoms with Gasteiger partial charge in [-0.1, -0.05) is 74.8 Å². The molecule has 0 radical (unpaired) electrons. The van der Waals surface area contributed by atoms with Crippen LogP contribution in [0.3, 0.4) is 0 Å². The molecule has 12 nitrogen and oxygen atoms in total. The van der Waals surface area contributed by atoms with Gasteiger partial charge in [-0.05, 0) is 38.0 Å². The number of anilines is 2. The Kier molecular flexibility index (Phi) is 10.7. The van der Waals surface area contributed by atoms with E-state index in [0.717, 1.165) is 56.0 Å². The number of likely N-dealkylation sites (tertiary alicyclic amines) is 1. The molecule has 44 heavy (non-hydrogen) atoms. The number of benzene rings is 1. The number of carbonyl (C=O) groups excluding carboxylic acids is 3. The van der Waals surface area contributed by atoms with Crippen molar-refractivity contribution in [1.29, 1.82) is 0 Å². The lowest BCUT2D eigenvalue weighted by Gasteiger charge is -2.35. The lowest BCUT2D eigenvalue weighted by atomic mass is 9.83. The molecule has 0 spiro atoms. The van der Waals surface area contributed by atoms with Crippen LogP contribution in [0.25, 0.3) is 11.3 Å². The van der Waals surface area contributed by atoms with Crippen LogP contribution in [0.5, 0.6) is 0 Å². The van der Waals surface area contributed by atoms with Crippen molar-refractivity contribution in [3.63, 3.8) is 0 Å². The highest BCUT2D eigenvalue weighted by Gasteiger charge is 2.41. The second kappa shape index (κ2) is 13.9. The Morgan fingerprint density at radius 1 is 1.00 bits per heavy atom. The molecule has 1 saturated carbocycles. The van der Waals surface area contributed by atoms with Gasteiger partial charge in [-0.2, -0.15) is 0 Å². The van der Waals surface area contributed by atoms with Crippen LogP contribution in [0.15, 0.2) is 30.3 Å². The van der Waals surface area contributed by atoms with Crippen LogP contribution in [-0.2, 0) is 34.4 Å². The van der Waals surface area contributed by atoms with Crippen molar-refractivity contribution in [3.8, 4) is 11.3 Å². The first-order valence-corrected chi connectivity index (χ1v) is 19.4. The maximum absolute atomic E-state index is 14.0. The number of hydrogen-bond donors (Lipinski definition) is 2. The van der Waals surface area contributed by atoms with E-state index in [2.05, 4.69) is 15.6 Å². The summed E-state index contributed by atoms with van der Waals surface area (Å²) in [6, 6.07) is 7.11. The maximum Gasteiger partial charge on any atom is 0.247 e. The Morgan fingerprint density at radius 2 is 1.64 bits per heavy atom. The fraction of sp³-hybridized carbons (Fsp3) is 0.586. The van der Waals surface area contributed by atoms with Gasteiger partial charge < -0.3 is 15.5 Å². The fourth-order valence-corrected chi connectivity index (χ4v) is 10.3. The largest absolute Gasteiger partial charge is 0.344 e. The Bertz CT molecular complexity index is 1540. The van der Waals surface area contributed by atoms with Crippen LogP contribution in [-0.4, -0.2) is 75.6 Å². The van der Waals surface area contributed by atoms with Crippen LogP contribution in [0.2, 0.25) is 0 Å². The van der Waals surface area contributed by atoms with E-state index in [1.54, 1.807) is 30.3 Å². The van der Waals surface area contributed by atoms with E-state index in [9.17, 15) is 31.2 Å². The minimum absolute atomic E-state index is 0.0136. The zero-order valence-electron chi connectivity index (χ0n) is 25.5. The molecule has 1 aromatic heterocycles. The Hall–Kier alpha value is -3.04. The molecule has 2 fully saturated rings. The first-order chi connectivity index (χ1) is 20.7. The minimum Gasteiger partial charge on any atom is -0.344 e. The van der Waals surface area contributed by atoms with Crippen LogP contribution < -0.4 is 14.3 Å². The number of hydrogen-bond acceptors (Lipinski definition) is 9. The summed E-state index contributed by atoms with van der Waals surface area (Å²) in [5, 5.41) is 5.64. The van der Waals surface area contributed by atoms with Crippen molar-refractivity contribution >= 4 is 59.2 Å². The molecular weight excluding hydrogens is 627 g/mol. The molecule has 2 heterocycles. The number of rotatable bonds is 11. The number of sulfonamides is 2. The monoisotopic (exact) mass is 667 g/mol. The van der Waals surface area contributed by atoms with Crippen LogP contribution in [0, 0.1) is 11.8 Å². The number of amides is 3.